The molecular formula is C15H32N2O4. The van der Waals surface area contributed by atoms with Crippen LogP contribution in [-0.2, 0) is 9.59 Å². The predicted molar refractivity (Wildman–Crippen MR) is 86.2 cm³/mol. The minimum absolute atomic E-state index is 0.0292. The van der Waals surface area contributed by atoms with Crippen molar-refractivity contribution in [3.05, 3.63) is 12.2 Å². The summed E-state index contributed by atoms with van der Waals surface area (Å²) >= 11 is 0. The second kappa shape index (κ2) is 16.7. The summed E-state index contributed by atoms with van der Waals surface area (Å²) in [6, 6.07) is 0. The number of hydrogen-bond donors (Lipinski definition) is 4. The number of aliphatic hydroxyl groups is 1. The van der Waals surface area contributed by atoms with Crippen LogP contribution in [0.15, 0.2) is 12.2 Å². The number of nitrogens with one attached hydrogen (secondary N) is 2. The summed E-state index contributed by atoms with van der Waals surface area (Å²) in [5.74, 6) is -1.48. The normalized spacial score (nSPS) is 10.0. The SMILES string of the molecule is CC.CCC(CC)(CNC)CNC(=O)/C=C\C(=O)O.CO. The molecule has 0 atom stereocenters. The lowest BCUT2D eigenvalue weighted by Crippen LogP contribution is -2.42. The lowest BCUT2D eigenvalue weighted by molar-refractivity contribution is -0.131. The zero-order valence-electron chi connectivity index (χ0n) is 14.2. The maximum absolute atomic E-state index is 11.3. The van der Waals surface area contributed by atoms with Gasteiger partial charge in [-0.25, -0.2) is 4.79 Å². The molecule has 126 valence electrons. The van der Waals surface area contributed by atoms with Crippen LogP contribution in [-0.4, -0.2) is 49.3 Å². The van der Waals surface area contributed by atoms with Gasteiger partial charge in [-0.3, -0.25) is 4.79 Å². The molecule has 0 saturated heterocycles. The maximum Gasteiger partial charge on any atom is 0.328 e. The number of carbonyl (C=O) groups is 2. The molecule has 0 rings (SSSR count). The summed E-state index contributed by atoms with van der Waals surface area (Å²) in [5, 5.41) is 21.2. The van der Waals surface area contributed by atoms with E-state index in [0.717, 1.165) is 38.6 Å². The number of carboxylic acids is 1. The van der Waals surface area contributed by atoms with Crippen molar-refractivity contribution in [3.63, 3.8) is 0 Å². The number of carboxylic acid groups (broad SMARTS) is 1. The summed E-state index contributed by atoms with van der Waals surface area (Å²) in [7, 11) is 2.88. The minimum Gasteiger partial charge on any atom is -0.478 e. The molecule has 0 fully saturated rings. The molecule has 0 unspecified atom stereocenters. The number of aliphatic hydroxyl groups excluding tert-OH is 1. The Balaban J connectivity index is -0.000000739. The lowest BCUT2D eigenvalue weighted by Gasteiger charge is -2.31. The number of aliphatic carboxylic acids is 1. The first-order valence-corrected chi connectivity index (χ1v) is 7.28. The van der Waals surface area contributed by atoms with Crippen molar-refractivity contribution < 1.29 is 19.8 Å². The van der Waals surface area contributed by atoms with Gasteiger partial charge in [0.15, 0.2) is 0 Å². The highest BCUT2D eigenvalue weighted by atomic mass is 16.4. The molecule has 0 heterocycles. The van der Waals surface area contributed by atoms with Crippen LogP contribution in [0.1, 0.15) is 40.5 Å². The molecule has 0 aromatic heterocycles. The number of hydrogen-bond acceptors (Lipinski definition) is 4. The Bertz CT molecular complexity index is 287. The van der Waals surface area contributed by atoms with Gasteiger partial charge >= 0.3 is 5.97 Å². The number of rotatable bonds is 8. The van der Waals surface area contributed by atoms with E-state index in [1.165, 1.54) is 0 Å². The summed E-state index contributed by atoms with van der Waals surface area (Å²) in [4.78, 5) is 21.6. The molecule has 0 aliphatic rings. The standard InChI is InChI=1S/C12H22N2O3.C2H6.CH4O/c1-4-12(5-2,8-13-3)9-14-10(15)6-7-11(16)17;2*1-2/h6-7,13H,4-5,8-9H2,1-3H3,(H,14,15)(H,16,17);1-2H3;2H,1H3/b7-6-;;. The van der Waals surface area contributed by atoms with Gasteiger partial charge in [0.1, 0.15) is 0 Å². The second-order valence-electron chi connectivity index (χ2n) is 4.13. The smallest absolute Gasteiger partial charge is 0.328 e. The van der Waals surface area contributed by atoms with Crippen LogP contribution in [0.5, 0.6) is 0 Å². The molecule has 6 heteroatoms. The molecule has 0 aromatic carbocycles. The predicted octanol–water partition coefficient (Wildman–Crippen LogP) is 1.40. The van der Waals surface area contributed by atoms with E-state index in [9.17, 15) is 9.59 Å². The van der Waals surface area contributed by atoms with Gasteiger partial charge in [-0.15, -0.1) is 0 Å². The Morgan fingerprint density at radius 2 is 1.52 bits per heavy atom. The van der Waals surface area contributed by atoms with Gasteiger partial charge < -0.3 is 20.8 Å². The zero-order chi connectivity index (χ0) is 17.3. The van der Waals surface area contributed by atoms with Crippen molar-refractivity contribution in [2.75, 3.05) is 27.2 Å². The molecule has 4 N–H and O–H groups in total. The highest BCUT2D eigenvalue weighted by Crippen LogP contribution is 2.24. The third-order valence-corrected chi connectivity index (χ3v) is 3.07. The average molecular weight is 304 g/mol. The highest BCUT2D eigenvalue weighted by molar-refractivity contribution is 5.93. The van der Waals surface area contributed by atoms with E-state index < -0.39 is 5.97 Å². The fourth-order valence-electron chi connectivity index (χ4n) is 1.67. The molecule has 6 nitrogen and oxygen atoms in total. The summed E-state index contributed by atoms with van der Waals surface area (Å²) in [6.07, 6.45) is 3.78. The molecular weight excluding hydrogens is 272 g/mol. The fourth-order valence-corrected chi connectivity index (χ4v) is 1.67. The van der Waals surface area contributed by atoms with Gasteiger partial charge in [0.2, 0.25) is 5.91 Å². The summed E-state index contributed by atoms with van der Waals surface area (Å²) in [5.41, 5.74) is 0.0292. The van der Waals surface area contributed by atoms with E-state index in [1.807, 2.05) is 20.9 Å². The first-order chi connectivity index (χ1) is 9.99. The van der Waals surface area contributed by atoms with Crippen LogP contribution in [0.4, 0.5) is 0 Å². The van der Waals surface area contributed by atoms with E-state index in [4.69, 9.17) is 10.2 Å². The van der Waals surface area contributed by atoms with Gasteiger partial charge in [-0.1, -0.05) is 27.7 Å². The van der Waals surface area contributed by atoms with Gasteiger partial charge in [-0.05, 0) is 25.3 Å². The molecule has 0 saturated carbocycles. The molecule has 0 aliphatic heterocycles. The first kappa shape index (κ1) is 24.6. The maximum atomic E-state index is 11.3. The van der Waals surface area contributed by atoms with Crippen molar-refractivity contribution in [2.45, 2.75) is 40.5 Å². The molecule has 0 aliphatic carbocycles. The Kier molecular flexibility index (Phi) is 19.5. The van der Waals surface area contributed by atoms with Gasteiger partial charge in [0.05, 0.1) is 0 Å². The zero-order valence-corrected chi connectivity index (χ0v) is 14.2. The Hall–Kier alpha value is -1.40. The third kappa shape index (κ3) is 13.3. The highest BCUT2D eigenvalue weighted by Gasteiger charge is 2.25. The van der Waals surface area contributed by atoms with Crippen molar-refractivity contribution >= 4 is 11.9 Å². The van der Waals surface area contributed by atoms with Gasteiger partial charge in [0, 0.05) is 32.4 Å². The minimum atomic E-state index is -1.12. The number of amides is 1. The van der Waals surface area contributed by atoms with Crippen LogP contribution < -0.4 is 10.6 Å². The van der Waals surface area contributed by atoms with E-state index >= 15 is 0 Å². The molecule has 21 heavy (non-hydrogen) atoms. The van der Waals surface area contributed by atoms with Crippen molar-refractivity contribution in [1.29, 1.82) is 0 Å². The summed E-state index contributed by atoms with van der Waals surface area (Å²) < 4.78 is 0. The quantitative estimate of drug-likeness (QED) is 0.508. The van der Waals surface area contributed by atoms with Crippen molar-refractivity contribution in [1.82, 2.24) is 10.6 Å². The molecule has 0 aromatic rings. The second-order valence-corrected chi connectivity index (χ2v) is 4.13. The van der Waals surface area contributed by atoms with Gasteiger partial charge in [0.25, 0.3) is 0 Å². The van der Waals surface area contributed by atoms with Crippen LogP contribution in [0.3, 0.4) is 0 Å². The van der Waals surface area contributed by atoms with Crippen LogP contribution in [0.2, 0.25) is 0 Å². The Labute approximate surface area is 128 Å². The molecule has 0 radical (unpaired) electrons. The van der Waals surface area contributed by atoms with Crippen molar-refractivity contribution in [3.8, 4) is 0 Å². The molecule has 0 bridgehead atoms. The largest absolute Gasteiger partial charge is 0.478 e. The lowest BCUT2D eigenvalue weighted by atomic mass is 9.82. The van der Waals surface area contributed by atoms with Crippen LogP contribution in [0, 0.1) is 5.41 Å². The van der Waals surface area contributed by atoms with E-state index in [2.05, 4.69) is 24.5 Å². The Morgan fingerprint density at radius 3 is 1.86 bits per heavy atom. The van der Waals surface area contributed by atoms with E-state index in [0.29, 0.717) is 6.54 Å². The molecule has 0 spiro atoms. The fraction of sp³-hybridized carbons (Fsp3) is 0.733. The number of carbonyl (C=O) groups excluding carboxylic acids is 1. The van der Waals surface area contributed by atoms with Crippen LogP contribution in [0.25, 0.3) is 0 Å². The monoisotopic (exact) mass is 304 g/mol. The van der Waals surface area contributed by atoms with E-state index in [1.54, 1.807) is 0 Å². The Morgan fingerprint density at radius 1 is 1.05 bits per heavy atom. The van der Waals surface area contributed by atoms with Crippen molar-refractivity contribution in [2.24, 2.45) is 5.41 Å². The molecule has 1 amide bonds. The first-order valence-electron chi connectivity index (χ1n) is 7.28. The average Bonchev–Trinajstić information content (AvgIpc) is 2.53. The third-order valence-electron chi connectivity index (χ3n) is 3.07. The van der Waals surface area contributed by atoms with Crippen LogP contribution >= 0.6 is 0 Å². The topological polar surface area (TPSA) is 98.7 Å². The van der Waals surface area contributed by atoms with E-state index in [-0.39, 0.29) is 11.3 Å². The van der Waals surface area contributed by atoms with Gasteiger partial charge in [-0.2, -0.15) is 0 Å². The summed E-state index contributed by atoms with van der Waals surface area (Å²) in [6.45, 7) is 9.53.